The summed E-state index contributed by atoms with van der Waals surface area (Å²) in [6.45, 7) is 0. The SMILES string of the molecule is O=[P+](O)OS(c1ccccc1)(c1ccccc1)c1ccccc1.[H-].[K+]. The Bertz CT molecular complexity index is 695. The molecular weight excluding hydrogens is 366 g/mol. The van der Waals surface area contributed by atoms with Crippen molar-refractivity contribution in [2.24, 2.45) is 0 Å². The second-order valence-corrected chi connectivity index (χ2v) is 8.41. The fourth-order valence-corrected chi connectivity index (χ4v) is 6.71. The van der Waals surface area contributed by atoms with Crippen molar-refractivity contribution < 1.29 is 66.2 Å². The molecule has 0 bridgehead atoms. The molecule has 0 aliphatic rings. The van der Waals surface area contributed by atoms with Crippen LogP contribution in [0.4, 0.5) is 0 Å². The number of benzene rings is 3. The summed E-state index contributed by atoms with van der Waals surface area (Å²) in [5.74, 6) is 0. The third-order valence-electron chi connectivity index (χ3n) is 3.40. The van der Waals surface area contributed by atoms with Gasteiger partial charge < -0.3 is 1.43 Å². The van der Waals surface area contributed by atoms with E-state index in [2.05, 4.69) is 0 Å². The maximum atomic E-state index is 11.7. The van der Waals surface area contributed by atoms with Gasteiger partial charge in [-0.15, -0.1) is 4.89 Å². The first-order chi connectivity index (χ1) is 11.2. The summed E-state index contributed by atoms with van der Waals surface area (Å²) in [6.07, 6.45) is 0. The maximum Gasteiger partial charge on any atom is 1.00 e. The van der Waals surface area contributed by atoms with Gasteiger partial charge in [0.1, 0.15) is 0 Å². The molecule has 1 unspecified atom stereocenters. The largest absolute Gasteiger partial charge is 1.00 e. The molecule has 0 radical (unpaired) electrons. The summed E-state index contributed by atoms with van der Waals surface area (Å²) < 4.78 is 17.4. The van der Waals surface area contributed by atoms with E-state index < -0.39 is 18.6 Å². The van der Waals surface area contributed by atoms with Crippen molar-refractivity contribution in [3.63, 3.8) is 0 Å². The molecule has 0 amide bonds. The van der Waals surface area contributed by atoms with E-state index in [1.54, 1.807) is 0 Å². The van der Waals surface area contributed by atoms with E-state index in [0.29, 0.717) is 0 Å². The van der Waals surface area contributed by atoms with Crippen LogP contribution < -0.4 is 51.4 Å². The molecule has 6 heteroatoms. The van der Waals surface area contributed by atoms with Crippen molar-refractivity contribution in [1.82, 2.24) is 0 Å². The van der Waals surface area contributed by atoms with Gasteiger partial charge in [0.2, 0.25) is 0 Å². The van der Waals surface area contributed by atoms with Crippen LogP contribution in [0.2, 0.25) is 0 Å². The van der Waals surface area contributed by atoms with Crippen LogP contribution in [-0.4, -0.2) is 4.89 Å². The van der Waals surface area contributed by atoms with Crippen LogP contribution in [0.1, 0.15) is 1.43 Å². The van der Waals surface area contributed by atoms with Gasteiger partial charge >= 0.3 is 59.6 Å². The van der Waals surface area contributed by atoms with Crippen LogP contribution in [0.15, 0.2) is 106 Å². The minimum atomic E-state index is -2.77. The number of hydrogen-bond acceptors (Lipinski definition) is 2. The van der Waals surface area contributed by atoms with Crippen LogP contribution in [-0.2, 0) is 8.54 Å². The second-order valence-electron chi connectivity index (χ2n) is 4.81. The van der Waals surface area contributed by atoms with E-state index >= 15 is 0 Å². The molecule has 0 aliphatic heterocycles. The van der Waals surface area contributed by atoms with Crippen molar-refractivity contribution >= 4 is 18.6 Å². The predicted molar refractivity (Wildman–Crippen MR) is 93.7 cm³/mol. The number of hydrogen-bond donors (Lipinski definition) is 1. The first-order valence-corrected chi connectivity index (χ1v) is 9.76. The summed E-state index contributed by atoms with van der Waals surface area (Å²) in [7, 11) is -5.04. The van der Waals surface area contributed by atoms with Gasteiger partial charge in [-0.1, -0.05) is 58.6 Å². The van der Waals surface area contributed by atoms with Gasteiger partial charge in [-0.25, -0.2) is 0 Å². The Labute approximate surface area is 188 Å². The quantitative estimate of drug-likeness (QED) is 0.544. The Morgan fingerprint density at radius 1 is 0.708 bits per heavy atom. The Morgan fingerprint density at radius 2 is 1.00 bits per heavy atom. The van der Waals surface area contributed by atoms with Gasteiger partial charge in [0.15, 0.2) is 0 Å². The van der Waals surface area contributed by atoms with Gasteiger partial charge in [0, 0.05) is 29.6 Å². The Hall–Kier alpha value is -0.334. The van der Waals surface area contributed by atoms with E-state index in [1.807, 2.05) is 91.0 Å². The van der Waals surface area contributed by atoms with Crippen molar-refractivity contribution in [3.05, 3.63) is 91.0 Å². The molecule has 3 rings (SSSR count). The first kappa shape index (κ1) is 20.0. The van der Waals surface area contributed by atoms with Crippen LogP contribution >= 0.6 is 18.6 Å². The fraction of sp³-hybridized carbons (Fsp3) is 0. The molecule has 0 aliphatic carbocycles. The Morgan fingerprint density at radius 3 is 1.25 bits per heavy atom. The molecule has 0 aromatic heterocycles. The van der Waals surface area contributed by atoms with Crippen LogP contribution in [0.3, 0.4) is 0 Å². The zero-order valence-corrected chi connectivity index (χ0v) is 18.1. The molecule has 1 N–H and O–H groups in total. The van der Waals surface area contributed by atoms with E-state index in [0.717, 1.165) is 14.7 Å². The molecule has 0 saturated carbocycles. The first-order valence-electron chi connectivity index (χ1n) is 7.08. The molecule has 118 valence electrons. The molecule has 0 fully saturated rings. The molecule has 0 heterocycles. The molecule has 1 atom stereocenters. The normalized spacial score (nSPS) is 12.1. The Balaban J connectivity index is 0.00000156. The molecule has 3 aromatic carbocycles. The van der Waals surface area contributed by atoms with Gasteiger partial charge in [-0.05, 0) is 36.4 Å². The van der Waals surface area contributed by atoms with Crippen molar-refractivity contribution in [2.75, 3.05) is 0 Å². The molecule has 3 aromatic rings. The standard InChI is InChI=1S/C18H15O3PS.K.H/c19-22(20)21-23(16-10-4-1-5-11-16,17-12-6-2-7-13-17)18-14-8-3-9-15-18;;/h1-15H;;/q;+1;-1/p+1. The summed E-state index contributed by atoms with van der Waals surface area (Å²) in [5.41, 5.74) is 0. The van der Waals surface area contributed by atoms with Gasteiger partial charge in [-0.2, -0.15) is 0 Å². The van der Waals surface area contributed by atoms with Gasteiger partial charge in [0.25, 0.3) is 0 Å². The molecule has 0 saturated heterocycles. The maximum absolute atomic E-state index is 11.7. The third kappa shape index (κ3) is 4.25. The van der Waals surface area contributed by atoms with E-state index in [4.69, 9.17) is 3.97 Å². The number of rotatable bonds is 5. The smallest absolute Gasteiger partial charge is 1.00 e. The Kier molecular flexibility index (Phi) is 7.82. The van der Waals surface area contributed by atoms with E-state index in [9.17, 15) is 9.46 Å². The molecule has 3 nitrogen and oxygen atoms in total. The average Bonchev–Trinajstić information content (AvgIpc) is 2.62. The van der Waals surface area contributed by atoms with Crippen LogP contribution in [0, 0.1) is 0 Å². The summed E-state index contributed by atoms with van der Waals surface area (Å²) >= 11 is 0. The van der Waals surface area contributed by atoms with Gasteiger partial charge in [-0.3, -0.25) is 0 Å². The summed E-state index contributed by atoms with van der Waals surface area (Å²) in [5, 5.41) is 0. The fourth-order valence-electron chi connectivity index (χ4n) is 2.47. The van der Waals surface area contributed by atoms with Crippen LogP contribution in [0.5, 0.6) is 0 Å². The predicted octanol–water partition coefficient (Wildman–Crippen LogP) is 2.67. The van der Waals surface area contributed by atoms with Crippen molar-refractivity contribution in [2.45, 2.75) is 14.7 Å². The zero-order valence-electron chi connectivity index (χ0n) is 14.3. The molecule has 24 heavy (non-hydrogen) atoms. The van der Waals surface area contributed by atoms with Crippen molar-refractivity contribution in [3.8, 4) is 0 Å². The van der Waals surface area contributed by atoms with E-state index in [-0.39, 0.29) is 52.8 Å². The van der Waals surface area contributed by atoms with Crippen LogP contribution in [0.25, 0.3) is 0 Å². The average molecular weight is 383 g/mol. The van der Waals surface area contributed by atoms with E-state index in [1.165, 1.54) is 0 Å². The minimum absolute atomic E-state index is 0. The molecular formula is C18H17KO3PS+. The summed E-state index contributed by atoms with van der Waals surface area (Å²) in [4.78, 5) is 12.2. The zero-order chi connectivity index (χ0) is 16.1. The molecule has 0 spiro atoms. The third-order valence-corrected chi connectivity index (χ3v) is 7.61. The monoisotopic (exact) mass is 383 g/mol. The second kappa shape index (κ2) is 9.39. The minimum Gasteiger partial charge on any atom is -1.00 e. The van der Waals surface area contributed by atoms with Crippen molar-refractivity contribution in [1.29, 1.82) is 0 Å². The topological polar surface area (TPSA) is 46.5 Å². The summed E-state index contributed by atoms with van der Waals surface area (Å²) in [6, 6.07) is 28.9. The van der Waals surface area contributed by atoms with Gasteiger partial charge in [0.05, 0.1) is 0 Å².